The first-order valence-electron chi connectivity index (χ1n) is 8.66. The van der Waals surface area contributed by atoms with E-state index in [2.05, 4.69) is 5.32 Å². The van der Waals surface area contributed by atoms with Gasteiger partial charge in [-0.15, -0.1) is 0 Å². The lowest BCUT2D eigenvalue weighted by atomic mass is 10.1. The first-order chi connectivity index (χ1) is 13.5. The first kappa shape index (κ1) is 17.7. The first-order valence-corrected chi connectivity index (χ1v) is 8.66. The van der Waals surface area contributed by atoms with Crippen molar-refractivity contribution in [1.82, 2.24) is 0 Å². The van der Waals surface area contributed by atoms with E-state index in [0.717, 1.165) is 5.56 Å². The third-order valence-corrected chi connectivity index (χ3v) is 4.32. The van der Waals surface area contributed by atoms with Crippen molar-refractivity contribution >= 4 is 33.5 Å². The molecule has 0 bridgehead atoms. The van der Waals surface area contributed by atoms with E-state index in [4.69, 9.17) is 9.15 Å². The van der Waals surface area contributed by atoms with Gasteiger partial charge in [0.15, 0.2) is 18.0 Å². The van der Waals surface area contributed by atoms with Gasteiger partial charge in [0, 0.05) is 11.8 Å². The highest BCUT2D eigenvalue weighted by Gasteiger charge is 2.12. The third-order valence-electron chi connectivity index (χ3n) is 4.32. The molecule has 4 aromatic rings. The van der Waals surface area contributed by atoms with Crippen LogP contribution in [-0.4, -0.2) is 12.5 Å². The molecule has 0 spiro atoms. The van der Waals surface area contributed by atoms with Crippen molar-refractivity contribution in [3.05, 3.63) is 82.3 Å². The summed E-state index contributed by atoms with van der Waals surface area (Å²) in [6, 6.07) is 16.2. The average Bonchev–Trinajstić information content (AvgIpc) is 2.68. The number of nitrogens with one attached hydrogen (secondary N) is 1. The Morgan fingerprint density at radius 2 is 1.86 bits per heavy atom. The lowest BCUT2D eigenvalue weighted by molar-refractivity contribution is -0.118. The molecule has 5 nitrogen and oxygen atoms in total. The van der Waals surface area contributed by atoms with Crippen LogP contribution in [0, 0.1) is 12.7 Å². The molecule has 28 heavy (non-hydrogen) atoms. The van der Waals surface area contributed by atoms with Gasteiger partial charge in [0.2, 0.25) is 5.43 Å². The molecule has 0 radical (unpaired) electrons. The molecular weight excluding hydrogens is 361 g/mol. The zero-order valence-electron chi connectivity index (χ0n) is 15.0. The van der Waals surface area contributed by atoms with E-state index in [1.807, 2.05) is 19.1 Å². The van der Waals surface area contributed by atoms with Gasteiger partial charge in [0.1, 0.15) is 11.3 Å². The molecule has 1 N–H and O–H groups in total. The molecular formula is C22H16FNO4. The number of carbonyl (C=O) groups excluding carboxylic acids is 1. The maximum Gasteiger partial charge on any atom is 0.262 e. The van der Waals surface area contributed by atoms with Gasteiger partial charge < -0.3 is 14.5 Å². The average molecular weight is 377 g/mol. The predicted octanol–water partition coefficient (Wildman–Crippen LogP) is 4.41. The van der Waals surface area contributed by atoms with Crippen LogP contribution >= 0.6 is 0 Å². The number of hydrogen-bond acceptors (Lipinski definition) is 4. The van der Waals surface area contributed by atoms with Gasteiger partial charge in [0.25, 0.3) is 5.91 Å². The second-order valence-corrected chi connectivity index (χ2v) is 6.41. The fourth-order valence-corrected chi connectivity index (χ4v) is 2.90. The Labute approximate surface area is 159 Å². The van der Waals surface area contributed by atoms with Crippen molar-refractivity contribution in [2.45, 2.75) is 6.92 Å². The van der Waals surface area contributed by atoms with Crippen molar-refractivity contribution in [2.24, 2.45) is 0 Å². The van der Waals surface area contributed by atoms with Crippen LogP contribution in [0.1, 0.15) is 5.56 Å². The van der Waals surface area contributed by atoms with Crippen LogP contribution in [0.2, 0.25) is 0 Å². The van der Waals surface area contributed by atoms with Crippen molar-refractivity contribution in [3.8, 4) is 5.75 Å². The Bertz CT molecular complexity index is 1250. The van der Waals surface area contributed by atoms with Gasteiger partial charge in [-0.05, 0) is 43.3 Å². The Hall–Kier alpha value is -3.67. The molecule has 140 valence electrons. The minimum atomic E-state index is -0.613. The molecule has 0 unspecified atom stereocenters. The van der Waals surface area contributed by atoms with Crippen LogP contribution in [-0.2, 0) is 4.79 Å². The Balaban J connectivity index is 1.56. The van der Waals surface area contributed by atoms with Crippen LogP contribution in [0.15, 0.2) is 69.9 Å². The summed E-state index contributed by atoms with van der Waals surface area (Å²) in [5.41, 5.74) is 1.28. The number of anilines is 1. The number of aryl methyl sites for hydroxylation is 1. The zero-order chi connectivity index (χ0) is 19.7. The van der Waals surface area contributed by atoms with E-state index in [-0.39, 0.29) is 34.5 Å². The van der Waals surface area contributed by atoms with Crippen LogP contribution in [0.4, 0.5) is 10.1 Å². The number of carbonyl (C=O) groups is 1. The number of fused-ring (bicyclic) bond motifs is 2. The summed E-state index contributed by atoms with van der Waals surface area (Å²) < 4.78 is 25.0. The summed E-state index contributed by atoms with van der Waals surface area (Å²) in [4.78, 5) is 24.7. The molecule has 6 heteroatoms. The molecule has 1 aromatic heterocycles. The second kappa shape index (κ2) is 7.15. The number of hydrogen-bond donors (Lipinski definition) is 1. The Kier molecular flexibility index (Phi) is 4.53. The normalized spacial score (nSPS) is 10.9. The highest BCUT2D eigenvalue weighted by Crippen LogP contribution is 2.23. The summed E-state index contributed by atoms with van der Waals surface area (Å²) in [5, 5.41) is 3.17. The number of benzene rings is 3. The van der Waals surface area contributed by atoms with Gasteiger partial charge in [-0.1, -0.05) is 23.8 Å². The molecule has 0 aliphatic rings. The van der Waals surface area contributed by atoms with Gasteiger partial charge in [-0.25, -0.2) is 4.39 Å². The molecule has 0 atom stereocenters. The fraction of sp³-hybridized carbons (Fsp3) is 0.0909. The lowest BCUT2D eigenvalue weighted by Gasteiger charge is -2.09. The van der Waals surface area contributed by atoms with Crippen LogP contribution in [0.25, 0.3) is 21.9 Å². The van der Waals surface area contributed by atoms with E-state index in [1.54, 1.807) is 24.3 Å². The molecule has 1 amide bonds. The number of amides is 1. The highest BCUT2D eigenvalue weighted by molar-refractivity contribution is 5.96. The van der Waals surface area contributed by atoms with Crippen LogP contribution < -0.4 is 15.5 Å². The topological polar surface area (TPSA) is 68.5 Å². The maximum atomic E-state index is 14.0. The molecule has 0 saturated heterocycles. The van der Waals surface area contributed by atoms with Gasteiger partial charge in [-0.2, -0.15) is 0 Å². The largest absolute Gasteiger partial charge is 0.484 e. The predicted molar refractivity (Wildman–Crippen MR) is 105 cm³/mol. The molecule has 3 aromatic carbocycles. The lowest BCUT2D eigenvalue weighted by Crippen LogP contribution is -2.20. The third kappa shape index (κ3) is 3.44. The molecule has 0 saturated carbocycles. The van der Waals surface area contributed by atoms with Crippen molar-refractivity contribution < 1.29 is 18.3 Å². The molecule has 0 aliphatic heterocycles. The van der Waals surface area contributed by atoms with Crippen LogP contribution in [0.3, 0.4) is 0 Å². The van der Waals surface area contributed by atoms with E-state index >= 15 is 0 Å². The zero-order valence-corrected chi connectivity index (χ0v) is 15.0. The fourth-order valence-electron chi connectivity index (χ4n) is 2.90. The van der Waals surface area contributed by atoms with Crippen molar-refractivity contribution in [3.63, 3.8) is 0 Å². The minimum Gasteiger partial charge on any atom is -0.484 e. The number of rotatable bonds is 4. The van der Waals surface area contributed by atoms with Gasteiger partial charge >= 0.3 is 0 Å². The van der Waals surface area contributed by atoms with Crippen LogP contribution in [0.5, 0.6) is 5.75 Å². The number of halogens is 1. The van der Waals surface area contributed by atoms with E-state index in [1.165, 1.54) is 24.3 Å². The van der Waals surface area contributed by atoms with E-state index < -0.39 is 5.82 Å². The Morgan fingerprint density at radius 1 is 1.07 bits per heavy atom. The summed E-state index contributed by atoms with van der Waals surface area (Å²) in [6.45, 7) is 1.79. The standard InChI is InChI=1S/C22H16FNO4/c1-13-5-8-15(9-6-13)27-12-20(25)24-14-7-10-16-19(11-14)28-22-17(21(16)26)3-2-4-18(22)23/h2-11H,12H2,1H3,(H,24,25). The summed E-state index contributed by atoms with van der Waals surface area (Å²) in [7, 11) is 0. The van der Waals surface area contributed by atoms with Gasteiger partial charge in [-0.3, -0.25) is 9.59 Å². The maximum absolute atomic E-state index is 14.0. The summed E-state index contributed by atoms with van der Waals surface area (Å²) in [5.74, 6) is -0.390. The van der Waals surface area contributed by atoms with E-state index in [0.29, 0.717) is 16.8 Å². The minimum absolute atomic E-state index is 0.105. The number of para-hydroxylation sites is 1. The Morgan fingerprint density at radius 3 is 2.64 bits per heavy atom. The number of ether oxygens (including phenoxy) is 1. The van der Waals surface area contributed by atoms with Crippen molar-refractivity contribution in [2.75, 3.05) is 11.9 Å². The molecule has 4 rings (SSSR count). The highest BCUT2D eigenvalue weighted by atomic mass is 19.1. The quantitative estimate of drug-likeness (QED) is 0.535. The molecule has 1 heterocycles. The molecule has 0 fully saturated rings. The molecule has 0 aliphatic carbocycles. The monoisotopic (exact) mass is 377 g/mol. The van der Waals surface area contributed by atoms with E-state index in [9.17, 15) is 14.0 Å². The van der Waals surface area contributed by atoms with Crippen molar-refractivity contribution in [1.29, 1.82) is 0 Å². The second-order valence-electron chi connectivity index (χ2n) is 6.41. The summed E-state index contributed by atoms with van der Waals surface area (Å²) >= 11 is 0. The van der Waals surface area contributed by atoms with Gasteiger partial charge in [0.05, 0.1) is 10.8 Å². The SMILES string of the molecule is Cc1ccc(OCC(=O)Nc2ccc3c(=O)c4cccc(F)c4oc3c2)cc1. The smallest absolute Gasteiger partial charge is 0.262 e. The summed E-state index contributed by atoms with van der Waals surface area (Å²) in [6.07, 6.45) is 0.